The average molecular weight is 278 g/mol. The predicted octanol–water partition coefficient (Wildman–Crippen LogP) is 4.10. The summed E-state index contributed by atoms with van der Waals surface area (Å²) < 4.78 is 26.6. The lowest BCUT2D eigenvalue weighted by Crippen LogP contribution is -1.93. The molecule has 0 saturated carbocycles. The third-order valence-corrected chi connectivity index (χ3v) is 3.98. The fourth-order valence-electron chi connectivity index (χ4n) is 1.98. The summed E-state index contributed by atoms with van der Waals surface area (Å²) in [6.07, 6.45) is 1.52. The molecule has 0 aliphatic heterocycles. The van der Waals surface area contributed by atoms with E-state index in [1.54, 1.807) is 0 Å². The van der Waals surface area contributed by atoms with Gasteiger partial charge in [0.2, 0.25) is 0 Å². The number of hydrogen-bond donors (Lipinski definition) is 1. The van der Waals surface area contributed by atoms with E-state index in [9.17, 15) is 8.78 Å². The van der Waals surface area contributed by atoms with Crippen molar-refractivity contribution in [2.24, 2.45) is 0 Å². The normalized spacial score (nSPS) is 10.4. The van der Waals surface area contributed by atoms with E-state index in [2.05, 4.69) is 0 Å². The van der Waals surface area contributed by atoms with Gasteiger partial charge in [-0.05, 0) is 29.7 Å². The van der Waals surface area contributed by atoms with E-state index in [0.29, 0.717) is 27.4 Å². The van der Waals surface area contributed by atoms with Crippen molar-refractivity contribution in [3.8, 4) is 16.5 Å². The van der Waals surface area contributed by atoms with Gasteiger partial charge in [0, 0.05) is 10.9 Å². The Balaban J connectivity index is 2.64. The van der Waals surface area contributed by atoms with Crippen LogP contribution in [0.5, 0.6) is 0 Å². The molecule has 1 aromatic heterocycles. The summed E-state index contributed by atoms with van der Waals surface area (Å²) in [7, 11) is 0. The van der Waals surface area contributed by atoms with E-state index in [1.807, 2.05) is 13.0 Å². The van der Waals surface area contributed by atoms with Gasteiger partial charge in [-0.3, -0.25) is 0 Å². The molecule has 0 amide bonds. The molecule has 0 bridgehead atoms. The summed E-state index contributed by atoms with van der Waals surface area (Å²) in [6.45, 7) is 1.99. The fraction of sp³-hybridized carbons (Fsp3) is 0.214. The van der Waals surface area contributed by atoms with Gasteiger partial charge in [0.05, 0.1) is 5.69 Å². The minimum atomic E-state index is -0.636. The van der Waals surface area contributed by atoms with Crippen LogP contribution >= 0.6 is 11.3 Å². The molecule has 0 aliphatic carbocycles. The van der Waals surface area contributed by atoms with Crippen LogP contribution in [0.25, 0.3) is 10.4 Å². The first kappa shape index (κ1) is 13.5. The highest BCUT2D eigenvalue weighted by molar-refractivity contribution is 7.16. The van der Waals surface area contributed by atoms with Crippen LogP contribution in [0.4, 0.5) is 14.5 Å². The summed E-state index contributed by atoms with van der Waals surface area (Å²) in [5, 5.41) is 9.01. The zero-order chi connectivity index (χ0) is 14.0. The average Bonchev–Trinajstić information content (AvgIpc) is 2.66. The highest BCUT2D eigenvalue weighted by atomic mass is 32.1. The SMILES string of the molecule is CCCc1c(-c2cc(F)cc(F)c2)sc(C#N)c1N. The smallest absolute Gasteiger partial charge is 0.128 e. The van der Waals surface area contributed by atoms with Gasteiger partial charge in [0.15, 0.2) is 0 Å². The van der Waals surface area contributed by atoms with Gasteiger partial charge in [-0.15, -0.1) is 11.3 Å². The molecule has 0 atom stereocenters. The van der Waals surface area contributed by atoms with Gasteiger partial charge >= 0.3 is 0 Å². The molecule has 1 heterocycles. The number of hydrogen-bond acceptors (Lipinski definition) is 3. The number of nitrogens with zero attached hydrogens (tertiary/aromatic N) is 1. The number of benzene rings is 1. The van der Waals surface area contributed by atoms with Crippen LogP contribution in [0.15, 0.2) is 18.2 Å². The highest BCUT2D eigenvalue weighted by Crippen LogP contribution is 2.39. The molecule has 1 aromatic carbocycles. The van der Waals surface area contributed by atoms with Crippen molar-refractivity contribution in [1.29, 1.82) is 5.26 Å². The van der Waals surface area contributed by atoms with Gasteiger partial charge in [0.25, 0.3) is 0 Å². The molecule has 5 heteroatoms. The monoisotopic (exact) mass is 278 g/mol. The highest BCUT2D eigenvalue weighted by Gasteiger charge is 2.17. The maximum atomic E-state index is 13.3. The largest absolute Gasteiger partial charge is 0.397 e. The Morgan fingerprint density at radius 2 is 1.89 bits per heavy atom. The van der Waals surface area contributed by atoms with Crippen molar-refractivity contribution >= 4 is 17.0 Å². The maximum absolute atomic E-state index is 13.3. The lowest BCUT2D eigenvalue weighted by molar-refractivity contribution is 0.584. The molecule has 2 nitrogen and oxygen atoms in total. The van der Waals surface area contributed by atoms with E-state index < -0.39 is 11.6 Å². The molecule has 0 saturated heterocycles. The topological polar surface area (TPSA) is 49.8 Å². The first-order valence-corrected chi connectivity index (χ1v) is 6.66. The molecule has 2 rings (SSSR count). The molecular weight excluding hydrogens is 266 g/mol. The van der Waals surface area contributed by atoms with Crippen molar-refractivity contribution in [2.45, 2.75) is 19.8 Å². The lowest BCUT2D eigenvalue weighted by atomic mass is 10.0. The molecule has 0 fully saturated rings. The molecule has 0 radical (unpaired) electrons. The Hall–Kier alpha value is -1.93. The second kappa shape index (κ2) is 5.37. The fourth-order valence-corrected chi connectivity index (χ4v) is 3.03. The van der Waals surface area contributed by atoms with Gasteiger partial charge in [-0.1, -0.05) is 13.3 Å². The molecular formula is C14H12F2N2S. The summed E-state index contributed by atoms with van der Waals surface area (Å²) in [4.78, 5) is 1.07. The number of thiophene rings is 1. The Labute approximate surface area is 114 Å². The number of anilines is 1. The minimum Gasteiger partial charge on any atom is -0.397 e. The number of nitrogens with two attached hydrogens (primary N) is 1. The van der Waals surface area contributed by atoms with Crippen molar-refractivity contribution < 1.29 is 8.78 Å². The molecule has 0 unspecified atom stereocenters. The van der Waals surface area contributed by atoms with E-state index in [4.69, 9.17) is 11.0 Å². The van der Waals surface area contributed by atoms with Crippen LogP contribution in [0.1, 0.15) is 23.8 Å². The second-order valence-electron chi connectivity index (χ2n) is 4.17. The van der Waals surface area contributed by atoms with Crippen molar-refractivity contribution in [1.82, 2.24) is 0 Å². The Morgan fingerprint density at radius 1 is 1.26 bits per heavy atom. The zero-order valence-electron chi connectivity index (χ0n) is 10.3. The molecule has 0 spiro atoms. The van der Waals surface area contributed by atoms with E-state index >= 15 is 0 Å². The van der Waals surface area contributed by atoms with Crippen LogP contribution in [0.3, 0.4) is 0 Å². The van der Waals surface area contributed by atoms with Crippen LogP contribution in [-0.4, -0.2) is 0 Å². The molecule has 19 heavy (non-hydrogen) atoms. The van der Waals surface area contributed by atoms with Gasteiger partial charge in [-0.2, -0.15) is 5.26 Å². The van der Waals surface area contributed by atoms with Gasteiger partial charge < -0.3 is 5.73 Å². The number of nitrogen functional groups attached to an aromatic ring is 1. The molecule has 2 N–H and O–H groups in total. The first-order valence-electron chi connectivity index (χ1n) is 5.84. The Morgan fingerprint density at radius 3 is 2.42 bits per heavy atom. The van der Waals surface area contributed by atoms with Crippen molar-refractivity contribution in [2.75, 3.05) is 5.73 Å². The number of halogens is 2. The lowest BCUT2D eigenvalue weighted by Gasteiger charge is -2.04. The number of rotatable bonds is 3. The minimum absolute atomic E-state index is 0.392. The zero-order valence-corrected chi connectivity index (χ0v) is 11.2. The van der Waals surface area contributed by atoms with E-state index in [0.717, 1.165) is 18.1 Å². The van der Waals surface area contributed by atoms with Gasteiger partial charge in [0.1, 0.15) is 22.6 Å². The quantitative estimate of drug-likeness (QED) is 0.918. The van der Waals surface area contributed by atoms with Crippen LogP contribution < -0.4 is 5.73 Å². The summed E-state index contributed by atoms with van der Waals surface area (Å²) >= 11 is 1.18. The van der Waals surface area contributed by atoms with Gasteiger partial charge in [-0.25, -0.2) is 8.78 Å². The summed E-state index contributed by atoms with van der Waals surface area (Å²) in [5.74, 6) is -1.27. The standard InChI is InChI=1S/C14H12F2N2S/c1-2-3-11-13(18)12(7-17)19-14(11)8-4-9(15)6-10(16)5-8/h4-6H,2-3,18H2,1H3. The molecule has 2 aromatic rings. The molecule has 0 aliphatic rings. The summed E-state index contributed by atoms with van der Waals surface area (Å²) in [6, 6.07) is 5.36. The second-order valence-corrected chi connectivity index (χ2v) is 5.19. The van der Waals surface area contributed by atoms with Crippen molar-refractivity contribution in [3.05, 3.63) is 40.3 Å². The molecule has 98 valence electrons. The van der Waals surface area contributed by atoms with Crippen LogP contribution in [0, 0.1) is 23.0 Å². The van der Waals surface area contributed by atoms with Crippen molar-refractivity contribution in [3.63, 3.8) is 0 Å². The number of nitriles is 1. The predicted molar refractivity (Wildman–Crippen MR) is 72.8 cm³/mol. The first-order chi connectivity index (χ1) is 9.06. The third kappa shape index (κ3) is 2.59. The van der Waals surface area contributed by atoms with Crippen LogP contribution in [-0.2, 0) is 6.42 Å². The maximum Gasteiger partial charge on any atom is 0.128 e. The Bertz CT molecular complexity index is 636. The third-order valence-electron chi connectivity index (χ3n) is 2.77. The summed E-state index contributed by atoms with van der Waals surface area (Å²) in [5.41, 5.74) is 7.57. The van der Waals surface area contributed by atoms with Crippen LogP contribution in [0.2, 0.25) is 0 Å². The van der Waals surface area contributed by atoms with E-state index in [-0.39, 0.29) is 0 Å². The van der Waals surface area contributed by atoms with E-state index in [1.165, 1.54) is 23.5 Å². The Kier molecular flexibility index (Phi) is 3.82.